The van der Waals surface area contributed by atoms with Crippen molar-refractivity contribution in [2.45, 2.75) is 45.8 Å². The number of nitrogens with one attached hydrogen (secondary N) is 1. The number of benzene rings is 2. The van der Waals surface area contributed by atoms with Gasteiger partial charge in [-0.2, -0.15) is 0 Å². The van der Waals surface area contributed by atoms with Crippen LogP contribution >= 0.6 is 0 Å². The fourth-order valence-corrected chi connectivity index (χ4v) is 4.16. The van der Waals surface area contributed by atoms with Gasteiger partial charge in [-0.1, -0.05) is 19.1 Å². The molecule has 1 N–H and O–H groups in total. The highest BCUT2D eigenvalue weighted by Gasteiger charge is 2.31. The lowest BCUT2D eigenvalue weighted by Gasteiger charge is -2.33. The summed E-state index contributed by atoms with van der Waals surface area (Å²) in [5, 5.41) is 2.78. The maximum atomic E-state index is 13.4. The molecule has 0 aliphatic heterocycles. The minimum absolute atomic E-state index is 0.0237. The van der Waals surface area contributed by atoms with Crippen molar-refractivity contribution in [1.29, 1.82) is 0 Å². The van der Waals surface area contributed by atoms with Crippen LogP contribution in [0.5, 0.6) is 0 Å². The number of carbonyl (C=O) groups is 2. The maximum Gasteiger partial charge on any atom is 0.244 e. The summed E-state index contributed by atoms with van der Waals surface area (Å²) in [5.41, 5.74) is 0.696. The summed E-state index contributed by atoms with van der Waals surface area (Å²) in [7, 11) is -3.90. The number of sulfonamides is 1. The third-order valence-electron chi connectivity index (χ3n) is 4.88. The van der Waals surface area contributed by atoms with E-state index >= 15 is 0 Å². The van der Waals surface area contributed by atoms with E-state index in [4.69, 9.17) is 0 Å². The van der Waals surface area contributed by atoms with Crippen molar-refractivity contribution < 1.29 is 26.8 Å². The summed E-state index contributed by atoms with van der Waals surface area (Å²) >= 11 is 0. The topological polar surface area (TPSA) is 86.8 Å². The predicted molar refractivity (Wildman–Crippen MR) is 123 cm³/mol. The lowest BCUT2D eigenvalue weighted by atomic mass is 10.1. The fraction of sp³-hybridized carbons (Fsp3) is 0.391. The second-order valence-electron chi connectivity index (χ2n) is 7.98. The van der Waals surface area contributed by atoms with E-state index in [1.165, 1.54) is 41.3 Å². The van der Waals surface area contributed by atoms with Gasteiger partial charge in [-0.25, -0.2) is 17.2 Å². The first-order valence-electron chi connectivity index (χ1n) is 10.5. The van der Waals surface area contributed by atoms with Crippen LogP contribution in [0.4, 0.5) is 14.5 Å². The smallest absolute Gasteiger partial charge is 0.244 e. The Morgan fingerprint density at radius 2 is 1.48 bits per heavy atom. The van der Waals surface area contributed by atoms with Gasteiger partial charge >= 0.3 is 0 Å². The molecule has 7 nitrogen and oxygen atoms in total. The van der Waals surface area contributed by atoms with Gasteiger partial charge in [0, 0.05) is 12.6 Å². The molecule has 0 spiro atoms. The Kier molecular flexibility index (Phi) is 8.92. The Hall–Kier alpha value is -3.01. The number of halogens is 2. The van der Waals surface area contributed by atoms with Gasteiger partial charge in [-0.05, 0) is 62.2 Å². The quantitative estimate of drug-likeness (QED) is 0.565. The summed E-state index contributed by atoms with van der Waals surface area (Å²) < 4.78 is 52.4. The van der Waals surface area contributed by atoms with Crippen molar-refractivity contribution in [2.24, 2.45) is 0 Å². The Morgan fingerprint density at radius 3 is 1.94 bits per heavy atom. The molecule has 0 bridgehead atoms. The summed E-state index contributed by atoms with van der Waals surface area (Å²) in [5.74, 6) is -2.00. The molecule has 0 fully saturated rings. The van der Waals surface area contributed by atoms with Crippen molar-refractivity contribution in [3.63, 3.8) is 0 Å². The highest BCUT2D eigenvalue weighted by molar-refractivity contribution is 7.92. The van der Waals surface area contributed by atoms with Crippen LogP contribution in [0, 0.1) is 11.6 Å². The third-order valence-corrected chi connectivity index (χ3v) is 6.02. The van der Waals surface area contributed by atoms with Crippen molar-refractivity contribution in [2.75, 3.05) is 17.1 Å². The molecule has 2 amide bonds. The Labute approximate surface area is 193 Å². The molecule has 180 valence electrons. The number of anilines is 1. The second kappa shape index (κ2) is 11.2. The molecule has 2 rings (SSSR count). The first kappa shape index (κ1) is 26.2. The normalized spacial score (nSPS) is 12.3. The second-order valence-corrected chi connectivity index (χ2v) is 9.89. The Bertz CT molecular complexity index is 1060. The van der Waals surface area contributed by atoms with E-state index in [9.17, 15) is 26.8 Å². The summed E-state index contributed by atoms with van der Waals surface area (Å²) in [6, 6.07) is 9.16. The first-order chi connectivity index (χ1) is 15.4. The molecule has 2 aromatic rings. The molecule has 33 heavy (non-hydrogen) atoms. The number of nitrogens with zero attached hydrogens (tertiary/aromatic N) is 2. The van der Waals surface area contributed by atoms with Gasteiger partial charge in [-0.3, -0.25) is 13.9 Å². The van der Waals surface area contributed by atoms with Crippen LogP contribution in [-0.2, 0) is 26.2 Å². The number of hydrogen-bond acceptors (Lipinski definition) is 4. The fourth-order valence-electron chi connectivity index (χ4n) is 3.31. The lowest BCUT2D eigenvalue weighted by Crippen LogP contribution is -2.53. The molecule has 0 saturated heterocycles. The van der Waals surface area contributed by atoms with Gasteiger partial charge in [0.1, 0.15) is 24.2 Å². The molecule has 2 aromatic carbocycles. The number of rotatable bonds is 10. The zero-order valence-corrected chi connectivity index (χ0v) is 19.9. The zero-order chi connectivity index (χ0) is 24.8. The molecule has 1 atom stereocenters. The largest absolute Gasteiger partial charge is 0.352 e. The maximum absolute atomic E-state index is 13.4. The monoisotopic (exact) mass is 481 g/mol. The molecule has 0 aliphatic carbocycles. The number of carbonyl (C=O) groups excluding carboxylic acids is 2. The van der Waals surface area contributed by atoms with Crippen LogP contribution in [0.1, 0.15) is 32.8 Å². The highest BCUT2D eigenvalue weighted by Crippen LogP contribution is 2.20. The van der Waals surface area contributed by atoms with Crippen LogP contribution < -0.4 is 9.62 Å². The summed E-state index contributed by atoms with van der Waals surface area (Å²) in [4.78, 5) is 27.5. The van der Waals surface area contributed by atoms with E-state index in [-0.39, 0.29) is 30.6 Å². The van der Waals surface area contributed by atoms with E-state index in [0.29, 0.717) is 5.56 Å². The zero-order valence-electron chi connectivity index (χ0n) is 19.1. The summed E-state index contributed by atoms with van der Waals surface area (Å²) in [6.07, 6.45) is 1.22. The Morgan fingerprint density at radius 1 is 0.970 bits per heavy atom. The standard InChI is InChI=1S/C23H29F2N3O4S/c1-5-21(23(30)26-16(2)3)27(14-17-6-8-18(24)9-7-17)22(29)15-28(33(4,31)32)20-12-10-19(25)11-13-20/h6-13,16,21H,5,14-15H2,1-4H3,(H,26,30)/t21-/m0/s1. The van der Waals surface area contributed by atoms with Gasteiger partial charge in [0.05, 0.1) is 11.9 Å². The van der Waals surface area contributed by atoms with Crippen LogP contribution in [-0.4, -0.2) is 50.0 Å². The van der Waals surface area contributed by atoms with Gasteiger partial charge in [0.2, 0.25) is 21.8 Å². The first-order valence-corrected chi connectivity index (χ1v) is 12.3. The Balaban J connectivity index is 2.42. The SMILES string of the molecule is CC[C@@H](C(=O)NC(C)C)N(Cc1ccc(F)cc1)C(=O)CN(c1ccc(F)cc1)S(C)(=O)=O. The molecule has 10 heteroatoms. The van der Waals surface area contributed by atoms with E-state index in [2.05, 4.69) is 5.32 Å². The number of amides is 2. The molecule has 0 saturated carbocycles. The van der Waals surface area contributed by atoms with Crippen LogP contribution in [0.15, 0.2) is 48.5 Å². The average Bonchev–Trinajstić information content (AvgIpc) is 2.72. The minimum Gasteiger partial charge on any atom is -0.352 e. The molecular weight excluding hydrogens is 452 g/mol. The van der Waals surface area contributed by atoms with Gasteiger partial charge in [0.15, 0.2) is 0 Å². The van der Waals surface area contributed by atoms with Gasteiger partial charge < -0.3 is 10.2 Å². The predicted octanol–water partition coefficient (Wildman–Crippen LogP) is 3.06. The van der Waals surface area contributed by atoms with Crippen LogP contribution in [0.2, 0.25) is 0 Å². The lowest BCUT2D eigenvalue weighted by molar-refractivity contribution is -0.140. The van der Waals surface area contributed by atoms with E-state index in [0.717, 1.165) is 22.7 Å². The van der Waals surface area contributed by atoms with Crippen molar-refractivity contribution >= 4 is 27.5 Å². The average molecular weight is 482 g/mol. The molecule has 0 aromatic heterocycles. The van der Waals surface area contributed by atoms with Crippen molar-refractivity contribution in [1.82, 2.24) is 10.2 Å². The van der Waals surface area contributed by atoms with Crippen molar-refractivity contribution in [3.05, 3.63) is 65.7 Å². The van der Waals surface area contributed by atoms with Crippen molar-refractivity contribution in [3.8, 4) is 0 Å². The van der Waals surface area contributed by atoms with Gasteiger partial charge in [0.25, 0.3) is 0 Å². The third kappa shape index (κ3) is 7.52. The molecule has 0 aliphatic rings. The molecule has 0 heterocycles. The molecular formula is C23H29F2N3O4S. The van der Waals surface area contributed by atoms with Crippen LogP contribution in [0.25, 0.3) is 0 Å². The number of hydrogen-bond donors (Lipinski definition) is 1. The van der Waals surface area contributed by atoms with E-state index in [1.54, 1.807) is 20.8 Å². The van der Waals surface area contributed by atoms with Crippen LogP contribution in [0.3, 0.4) is 0 Å². The minimum atomic E-state index is -3.90. The van der Waals surface area contributed by atoms with E-state index < -0.39 is 40.2 Å². The summed E-state index contributed by atoms with van der Waals surface area (Å²) in [6.45, 7) is 4.71. The molecule has 0 radical (unpaired) electrons. The van der Waals surface area contributed by atoms with Gasteiger partial charge in [-0.15, -0.1) is 0 Å². The van der Waals surface area contributed by atoms with E-state index in [1.807, 2.05) is 0 Å². The highest BCUT2D eigenvalue weighted by atomic mass is 32.2. The molecule has 0 unspecified atom stereocenters.